The molecule has 28 heavy (non-hydrogen) atoms. The number of hydrogen-bond donors (Lipinski definition) is 0. The molecule has 7 heteroatoms. The van der Waals surface area contributed by atoms with Crippen LogP contribution >= 0.6 is 11.8 Å². The van der Waals surface area contributed by atoms with Crippen molar-refractivity contribution < 1.29 is 13.9 Å². The molecule has 4 rings (SSSR count). The number of hydrogen-bond acceptors (Lipinski definition) is 6. The largest absolute Gasteiger partial charge is 0.492 e. The smallest absolute Gasteiger partial charge is 0.257 e. The number of oxazole rings is 1. The molecule has 6 nitrogen and oxygen atoms in total. The number of anilines is 1. The number of ether oxygens (including phenoxy) is 1. The van der Waals surface area contributed by atoms with Gasteiger partial charge in [0, 0.05) is 26.2 Å². The van der Waals surface area contributed by atoms with Crippen molar-refractivity contribution in [1.29, 1.82) is 0 Å². The summed E-state index contributed by atoms with van der Waals surface area (Å²) in [5.74, 6) is 1.35. The van der Waals surface area contributed by atoms with Crippen LogP contribution < -0.4 is 9.64 Å². The molecule has 1 aliphatic heterocycles. The second-order valence-electron chi connectivity index (χ2n) is 6.50. The van der Waals surface area contributed by atoms with Crippen LogP contribution in [0, 0.1) is 0 Å². The molecular weight excluding hydrogens is 374 g/mol. The topological polar surface area (TPSA) is 58.8 Å². The van der Waals surface area contributed by atoms with Crippen molar-refractivity contribution in [3.8, 4) is 5.75 Å². The average Bonchev–Trinajstić information content (AvgIpc) is 3.16. The fraction of sp³-hybridized carbons (Fsp3) is 0.333. The lowest BCUT2D eigenvalue weighted by Gasteiger charge is -2.36. The van der Waals surface area contributed by atoms with E-state index in [1.165, 1.54) is 11.8 Å². The number of carbonyl (C=O) groups is 1. The number of carbonyl (C=O) groups excluding carboxylic acids is 1. The molecule has 0 saturated carbocycles. The molecule has 1 amide bonds. The van der Waals surface area contributed by atoms with E-state index in [1.54, 1.807) is 0 Å². The van der Waals surface area contributed by atoms with Crippen LogP contribution in [-0.2, 0) is 4.79 Å². The van der Waals surface area contributed by atoms with Gasteiger partial charge in [0.25, 0.3) is 5.22 Å². The predicted molar refractivity (Wildman–Crippen MR) is 111 cm³/mol. The molecule has 0 radical (unpaired) electrons. The highest BCUT2D eigenvalue weighted by molar-refractivity contribution is 7.99. The Morgan fingerprint density at radius 2 is 1.86 bits per heavy atom. The van der Waals surface area contributed by atoms with Gasteiger partial charge in [0.15, 0.2) is 5.58 Å². The van der Waals surface area contributed by atoms with E-state index in [9.17, 15) is 4.79 Å². The molecule has 2 heterocycles. The standard InChI is InChI=1S/C21H23N3O3S/c1-2-26-19-10-6-4-8-17(19)23-11-13-24(14-12-23)20(25)15-28-21-22-16-7-3-5-9-18(16)27-21/h3-10H,2,11-15H2,1H3. The monoisotopic (exact) mass is 397 g/mol. The zero-order valence-corrected chi connectivity index (χ0v) is 16.7. The van der Waals surface area contributed by atoms with E-state index in [2.05, 4.69) is 16.0 Å². The van der Waals surface area contributed by atoms with Gasteiger partial charge >= 0.3 is 0 Å². The van der Waals surface area contributed by atoms with Gasteiger partial charge in [0.2, 0.25) is 5.91 Å². The van der Waals surface area contributed by atoms with Crippen molar-refractivity contribution in [1.82, 2.24) is 9.88 Å². The quantitative estimate of drug-likeness (QED) is 0.592. The van der Waals surface area contributed by atoms with Gasteiger partial charge in [-0.25, -0.2) is 4.98 Å². The van der Waals surface area contributed by atoms with Crippen LogP contribution in [0.4, 0.5) is 5.69 Å². The van der Waals surface area contributed by atoms with E-state index in [4.69, 9.17) is 9.15 Å². The summed E-state index contributed by atoms with van der Waals surface area (Å²) in [6.07, 6.45) is 0. The lowest BCUT2D eigenvalue weighted by Crippen LogP contribution is -2.49. The van der Waals surface area contributed by atoms with Gasteiger partial charge in [0.05, 0.1) is 18.0 Å². The van der Waals surface area contributed by atoms with E-state index in [1.807, 2.05) is 54.3 Å². The summed E-state index contributed by atoms with van der Waals surface area (Å²) in [7, 11) is 0. The van der Waals surface area contributed by atoms with Crippen LogP contribution in [0.5, 0.6) is 5.75 Å². The molecule has 0 atom stereocenters. The van der Waals surface area contributed by atoms with E-state index in [0.717, 1.165) is 35.6 Å². The van der Waals surface area contributed by atoms with Gasteiger partial charge in [-0.3, -0.25) is 4.79 Å². The van der Waals surface area contributed by atoms with E-state index in [-0.39, 0.29) is 5.91 Å². The number of rotatable bonds is 6. The van der Waals surface area contributed by atoms with Crippen LogP contribution in [0.1, 0.15) is 6.92 Å². The Morgan fingerprint density at radius 3 is 2.64 bits per heavy atom. The summed E-state index contributed by atoms with van der Waals surface area (Å²) in [6, 6.07) is 15.7. The van der Waals surface area contributed by atoms with Crippen LogP contribution in [0.3, 0.4) is 0 Å². The summed E-state index contributed by atoms with van der Waals surface area (Å²) in [6.45, 7) is 5.62. The minimum absolute atomic E-state index is 0.116. The highest BCUT2D eigenvalue weighted by Gasteiger charge is 2.23. The van der Waals surface area contributed by atoms with Crippen molar-refractivity contribution in [3.05, 3.63) is 48.5 Å². The third kappa shape index (κ3) is 4.09. The summed E-state index contributed by atoms with van der Waals surface area (Å²) < 4.78 is 11.4. The first-order valence-corrected chi connectivity index (χ1v) is 10.5. The first-order chi connectivity index (χ1) is 13.7. The fourth-order valence-electron chi connectivity index (χ4n) is 3.32. The third-order valence-corrected chi connectivity index (χ3v) is 5.54. The number of nitrogens with zero attached hydrogens (tertiary/aromatic N) is 3. The molecule has 2 aromatic carbocycles. The molecule has 0 aliphatic carbocycles. The van der Waals surface area contributed by atoms with E-state index < -0.39 is 0 Å². The lowest BCUT2D eigenvalue weighted by atomic mass is 10.2. The second kappa shape index (κ2) is 8.56. The molecule has 146 valence electrons. The summed E-state index contributed by atoms with van der Waals surface area (Å²) in [5, 5.41) is 0.541. The van der Waals surface area contributed by atoms with Crippen molar-refractivity contribution in [2.75, 3.05) is 43.4 Å². The zero-order valence-electron chi connectivity index (χ0n) is 15.8. The van der Waals surface area contributed by atoms with Gasteiger partial charge in [-0.2, -0.15) is 0 Å². The van der Waals surface area contributed by atoms with E-state index in [0.29, 0.717) is 30.7 Å². The van der Waals surface area contributed by atoms with Crippen molar-refractivity contribution >= 4 is 34.5 Å². The van der Waals surface area contributed by atoms with Gasteiger partial charge in [-0.15, -0.1) is 0 Å². The first kappa shape index (κ1) is 18.7. The Labute approximate surface area is 168 Å². The normalized spacial score (nSPS) is 14.5. The Kier molecular flexibility index (Phi) is 5.71. The van der Waals surface area contributed by atoms with Crippen molar-refractivity contribution in [2.24, 2.45) is 0 Å². The minimum Gasteiger partial charge on any atom is -0.492 e. The summed E-state index contributed by atoms with van der Waals surface area (Å²) in [5.41, 5.74) is 2.66. The SMILES string of the molecule is CCOc1ccccc1N1CCN(C(=O)CSc2nc3ccccc3o2)CC1. The molecule has 1 aromatic heterocycles. The highest BCUT2D eigenvalue weighted by atomic mass is 32.2. The summed E-state index contributed by atoms with van der Waals surface area (Å²) >= 11 is 1.35. The van der Waals surface area contributed by atoms with Crippen molar-refractivity contribution in [3.63, 3.8) is 0 Å². The van der Waals surface area contributed by atoms with Crippen LogP contribution in [-0.4, -0.2) is 54.3 Å². The van der Waals surface area contributed by atoms with Gasteiger partial charge in [0.1, 0.15) is 11.3 Å². The number of para-hydroxylation sites is 4. The average molecular weight is 398 g/mol. The van der Waals surface area contributed by atoms with E-state index >= 15 is 0 Å². The van der Waals surface area contributed by atoms with Crippen LogP contribution in [0.25, 0.3) is 11.1 Å². The molecule has 0 spiro atoms. The molecule has 3 aromatic rings. The molecule has 1 fully saturated rings. The molecule has 0 unspecified atom stereocenters. The maximum Gasteiger partial charge on any atom is 0.257 e. The van der Waals surface area contributed by atoms with Gasteiger partial charge in [-0.1, -0.05) is 36.0 Å². The molecule has 0 N–H and O–H groups in total. The number of amides is 1. The molecule has 1 aliphatic rings. The third-order valence-electron chi connectivity index (χ3n) is 4.73. The number of fused-ring (bicyclic) bond motifs is 1. The number of piperazine rings is 1. The maximum atomic E-state index is 12.6. The second-order valence-corrected chi connectivity index (χ2v) is 7.43. The highest BCUT2D eigenvalue weighted by Crippen LogP contribution is 2.29. The van der Waals surface area contributed by atoms with Gasteiger partial charge in [-0.05, 0) is 31.2 Å². The molecular formula is C21H23N3O3S. The van der Waals surface area contributed by atoms with Crippen molar-refractivity contribution in [2.45, 2.75) is 12.1 Å². The lowest BCUT2D eigenvalue weighted by molar-refractivity contribution is -0.128. The Balaban J connectivity index is 1.31. The number of thioether (sulfide) groups is 1. The Bertz CT molecular complexity index is 918. The summed E-state index contributed by atoms with van der Waals surface area (Å²) in [4.78, 5) is 21.2. The van der Waals surface area contributed by atoms with Crippen LogP contribution in [0.2, 0.25) is 0 Å². The number of benzene rings is 2. The maximum absolute atomic E-state index is 12.6. The first-order valence-electron chi connectivity index (χ1n) is 9.47. The molecule has 1 saturated heterocycles. The number of aromatic nitrogens is 1. The minimum atomic E-state index is 0.116. The molecule has 0 bridgehead atoms. The fourth-order valence-corrected chi connectivity index (χ4v) is 4.06. The zero-order chi connectivity index (χ0) is 19.3. The van der Waals surface area contributed by atoms with Gasteiger partial charge < -0.3 is 19.0 Å². The van der Waals surface area contributed by atoms with Crippen LogP contribution in [0.15, 0.2) is 58.2 Å². The predicted octanol–water partition coefficient (Wildman–Crippen LogP) is 3.67. The Hall–Kier alpha value is -2.67. The Morgan fingerprint density at radius 1 is 1.11 bits per heavy atom.